The Labute approximate surface area is 125 Å². The fourth-order valence-corrected chi connectivity index (χ4v) is 2.29. The van der Waals surface area contributed by atoms with E-state index in [0.717, 1.165) is 11.4 Å². The summed E-state index contributed by atoms with van der Waals surface area (Å²) < 4.78 is 19.3. The van der Waals surface area contributed by atoms with E-state index in [2.05, 4.69) is 5.32 Å². The normalized spacial score (nSPS) is 11.9. The molecule has 0 aliphatic rings. The van der Waals surface area contributed by atoms with Crippen LogP contribution in [-0.4, -0.2) is 21.2 Å². The first-order valence-electron chi connectivity index (χ1n) is 6.89. The molecule has 112 valence electrons. The highest BCUT2D eigenvalue weighted by Crippen LogP contribution is 2.30. The molecule has 0 aliphatic heterocycles. The summed E-state index contributed by atoms with van der Waals surface area (Å²) in [6.07, 6.45) is 0. The third-order valence-electron chi connectivity index (χ3n) is 3.43. The molecule has 0 heterocycles. The first-order valence-corrected chi connectivity index (χ1v) is 6.89. The number of hydrogen-bond acceptors (Lipinski definition) is 3. The second-order valence-electron chi connectivity index (χ2n) is 5.16. The van der Waals surface area contributed by atoms with E-state index in [1.54, 1.807) is 19.2 Å². The van der Waals surface area contributed by atoms with E-state index in [9.17, 15) is 4.39 Å². The molecule has 0 amide bonds. The zero-order valence-electron chi connectivity index (χ0n) is 12.9. The summed E-state index contributed by atoms with van der Waals surface area (Å²) in [4.78, 5) is 2.03. The predicted molar refractivity (Wildman–Crippen MR) is 85.8 cm³/mol. The molecule has 0 saturated heterocycles. The van der Waals surface area contributed by atoms with Crippen molar-refractivity contribution < 1.29 is 9.13 Å². The Morgan fingerprint density at radius 2 is 1.76 bits per heavy atom. The first-order chi connectivity index (χ1) is 10.0. The lowest BCUT2D eigenvalue weighted by atomic mass is 10.1. The van der Waals surface area contributed by atoms with Gasteiger partial charge in [0, 0.05) is 25.5 Å². The Hall–Kier alpha value is -2.23. The Bertz CT molecular complexity index is 596. The molecule has 0 aliphatic carbocycles. The van der Waals surface area contributed by atoms with Gasteiger partial charge in [-0.2, -0.15) is 0 Å². The van der Waals surface area contributed by atoms with Crippen LogP contribution in [0.5, 0.6) is 5.75 Å². The number of benzene rings is 2. The summed E-state index contributed by atoms with van der Waals surface area (Å²) in [6.45, 7) is 1.92. The average Bonchev–Trinajstić information content (AvgIpc) is 2.47. The zero-order valence-corrected chi connectivity index (χ0v) is 12.9. The van der Waals surface area contributed by atoms with Crippen molar-refractivity contribution in [3.8, 4) is 5.75 Å². The second kappa shape index (κ2) is 6.48. The van der Waals surface area contributed by atoms with Crippen LogP contribution in [0.25, 0.3) is 0 Å². The standard InChI is InChI=1S/C17H21FN2O/c1-12(17-15(18)6-5-7-16(17)21-4)19-13-8-10-14(11-9-13)20(2)3/h5-12,19H,1-4H3. The summed E-state index contributed by atoms with van der Waals surface area (Å²) in [6, 6.07) is 12.7. The van der Waals surface area contributed by atoms with Crippen LogP contribution in [0, 0.1) is 5.82 Å². The van der Waals surface area contributed by atoms with Gasteiger partial charge in [-0.05, 0) is 43.3 Å². The molecule has 0 spiro atoms. The molecule has 4 heteroatoms. The minimum Gasteiger partial charge on any atom is -0.496 e. The minimum atomic E-state index is -0.265. The van der Waals surface area contributed by atoms with Crippen molar-refractivity contribution in [2.45, 2.75) is 13.0 Å². The van der Waals surface area contributed by atoms with Crippen molar-refractivity contribution >= 4 is 11.4 Å². The van der Waals surface area contributed by atoms with E-state index >= 15 is 0 Å². The van der Waals surface area contributed by atoms with Gasteiger partial charge in [0.1, 0.15) is 11.6 Å². The Morgan fingerprint density at radius 3 is 2.33 bits per heavy atom. The van der Waals surface area contributed by atoms with Gasteiger partial charge in [0.15, 0.2) is 0 Å². The van der Waals surface area contributed by atoms with E-state index in [0.29, 0.717) is 11.3 Å². The maximum absolute atomic E-state index is 14.0. The van der Waals surface area contributed by atoms with Crippen molar-refractivity contribution in [3.63, 3.8) is 0 Å². The third-order valence-corrected chi connectivity index (χ3v) is 3.43. The molecule has 3 nitrogen and oxygen atoms in total. The summed E-state index contributed by atoms with van der Waals surface area (Å²) in [7, 11) is 5.54. The van der Waals surface area contributed by atoms with Crippen LogP contribution in [0.15, 0.2) is 42.5 Å². The maximum atomic E-state index is 14.0. The van der Waals surface area contributed by atoms with Crippen molar-refractivity contribution in [1.82, 2.24) is 0 Å². The molecular weight excluding hydrogens is 267 g/mol. The lowest BCUT2D eigenvalue weighted by Crippen LogP contribution is -2.11. The van der Waals surface area contributed by atoms with Crippen LogP contribution in [0.4, 0.5) is 15.8 Å². The number of rotatable bonds is 5. The number of halogens is 1. The number of anilines is 2. The van der Waals surface area contributed by atoms with E-state index in [1.807, 2.05) is 50.2 Å². The van der Waals surface area contributed by atoms with Crippen molar-refractivity contribution in [3.05, 3.63) is 53.8 Å². The Kier molecular flexibility index (Phi) is 4.68. The van der Waals surface area contributed by atoms with Crippen LogP contribution in [-0.2, 0) is 0 Å². The van der Waals surface area contributed by atoms with Gasteiger partial charge in [-0.25, -0.2) is 4.39 Å². The first kappa shape index (κ1) is 15.2. The van der Waals surface area contributed by atoms with Gasteiger partial charge >= 0.3 is 0 Å². The Morgan fingerprint density at radius 1 is 1.10 bits per heavy atom. The lowest BCUT2D eigenvalue weighted by Gasteiger charge is -2.20. The molecule has 0 saturated carbocycles. The van der Waals surface area contributed by atoms with Gasteiger partial charge in [0.05, 0.1) is 18.7 Å². The quantitative estimate of drug-likeness (QED) is 0.897. The van der Waals surface area contributed by atoms with Crippen LogP contribution in [0.2, 0.25) is 0 Å². The molecule has 0 radical (unpaired) electrons. The van der Waals surface area contributed by atoms with Gasteiger partial charge in [-0.1, -0.05) is 6.07 Å². The molecule has 0 aromatic heterocycles. The molecule has 2 aromatic carbocycles. The minimum absolute atomic E-state index is 0.189. The average molecular weight is 288 g/mol. The van der Waals surface area contributed by atoms with Gasteiger partial charge in [0.2, 0.25) is 0 Å². The van der Waals surface area contributed by atoms with Gasteiger partial charge in [0.25, 0.3) is 0 Å². The largest absolute Gasteiger partial charge is 0.496 e. The lowest BCUT2D eigenvalue weighted by molar-refractivity contribution is 0.402. The molecule has 0 fully saturated rings. The number of hydrogen-bond donors (Lipinski definition) is 1. The van der Waals surface area contributed by atoms with Crippen LogP contribution in [0.3, 0.4) is 0 Å². The highest BCUT2D eigenvalue weighted by molar-refractivity contribution is 5.55. The predicted octanol–water partition coefficient (Wildman–Crippen LogP) is 4.07. The van der Waals surface area contributed by atoms with E-state index in [1.165, 1.54) is 6.07 Å². The topological polar surface area (TPSA) is 24.5 Å². The van der Waals surface area contributed by atoms with Crippen LogP contribution < -0.4 is 15.0 Å². The molecule has 0 bridgehead atoms. The smallest absolute Gasteiger partial charge is 0.132 e. The highest BCUT2D eigenvalue weighted by atomic mass is 19.1. The number of nitrogens with zero attached hydrogens (tertiary/aromatic N) is 1. The fourth-order valence-electron chi connectivity index (χ4n) is 2.29. The Balaban J connectivity index is 2.20. The third kappa shape index (κ3) is 3.45. The molecule has 2 rings (SSSR count). The second-order valence-corrected chi connectivity index (χ2v) is 5.16. The summed E-state index contributed by atoms with van der Waals surface area (Å²) in [5.41, 5.74) is 2.60. The zero-order chi connectivity index (χ0) is 15.4. The molecule has 21 heavy (non-hydrogen) atoms. The molecule has 2 aromatic rings. The fraction of sp³-hybridized carbons (Fsp3) is 0.294. The van der Waals surface area contributed by atoms with E-state index in [4.69, 9.17) is 4.74 Å². The monoisotopic (exact) mass is 288 g/mol. The SMILES string of the molecule is COc1cccc(F)c1C(C)Nc1ccc(N(C)C)cc1. The molecule has 1 N–H and O–H groups in total. The van der Waals surface area contributed by atoms with E-state index < -0.39 is 0 Å². The highest BCUT2D eigenvalue weighted by Gasteiger charge is 2.16. The van der Waals surface area contributed by atoms with Crippen molar-refractivity contribution in [2.75, 3.05) is 31.4 Å². The van der Waals surface area contributed by atoms with Gasteiger partial charge in [-0.15, -0.1) is 0 Å². The van der Waals surface area contributed by atoms with Crippen LogP contribution >= 0.6 is 0 Å². The van der Waals surface area contributed by atoms with Crippen LogP contribution in [0.1, 0.15) is 18.5 Å². The van der Waals surface area contributed by atoms with E-state index in [-0.39, 0.29) is 11.9 Å². The summed E-state index contributed by atoms with van der Waals surface area (Å²) in [5, 5.41) is 3.30. The summed E-state index contributed by atoms with van der Waals surface area (Å²) in [5.74, 6) is 0.291. The summed E-state index contributed by atoms with van der Waals surface area (Å²) >= 11 is 0. The molecule has 1 atom stereocenters. The maximum Gasteiger partial charge on any atom is 0.132 e. The van der Waals surface area contributed by atoms with Crippen molar-refractivity contribution in [1.29, 1.82) is 0 Å². The number of methoxy groups -OCH3 is 1. The number of ether oxygens (including phenoxy) is 1. The van der Waals surface area contributed by atoms with Crippen molar-refractivity contribution in [2.24, 2.45) is 0 Å². The number of nitrogens with one attached hydrogen (secondary N) is 1. The molecule has 1 unspecified atom stereocenters. The van der Waals surface area contributed by atoms with Gasteiger partial charge < -0.3 is 15.0 Å². The molecular formula is C17H21FN2O. The van der Waals surface area contributed by atoms with Gasteiger partial charge in [-0.3, -0.25) is 0 Å².